The first-order valence-electron chi connectivity index (χ1n) is 8.92. The van der Waals surface area contributed by atoms with Gasteiger partial charge in [0.25, 0.3) is 11.8 Å². The highest BCUT2D eigenvalue weighted by molar-refractivity contribution is 7.11. The molecule has 0 aliphatic carbocycles. The summed E-state index contributed by atoms with van der Waals surface area (Å²) in [5, 5.41) is 5.50. The molecule has 0 fully saturated rings. The van der Waals surface area contributed by atoms with E-state index in [1.807, 2.05) is 60.8 Å². The fourth-order valence-corrected chi connectivity index (χ4v) is 4.08. The van der Waals surface area contributed by atoms with Crippen molar-refractivity contribution in [2.24, 2.45) is 0 Å². The van der Waals surface area contributed by atoms with Crippen molar-refractivity contribution in [3.05, 3.63) is 81.6 Å². The summed E-state index contributed by atoms with van der Waals surface area (Å²) in [5.41, 5.74) is 2.84. The Labute approximate surface area is 177 Å². The summed E-state index contributed by atoms with van der Waals surface area (Å²) in [6, 6.07) is 18.1. The molecule has 0 saturated carbocycles. The lowest BCUT2D eigenvalue weighted by molar-refractivity contribution is -0.120. The van der Waals surface area contributed by atoms with Gasteiger partial charge < -0.3 is 10.2 Å². The van der Waals surface area contributed by atoms with Crippen LogP contribution in [0.5, 0.6) is 0 Å². The molecule has 2 heterocycles. The van der Waals surface area contributed by atoms with E-state index in [2.05, 4.69) is 5.32 Å². The Morgan fingerprint density at radius 2 is 1.72 bits per heavy atom. The van der Waals surface area contributed by atoms with Crippen LogP contribution >= 0.6 is 22.9 Å². The first-order valence-corrected chi connectivity index (χ1v) is 10.2. The Hall–Kier alpha value is -3.09. The first-order chi connectivity index (χ1) is 14.0. The van der Waals surface area contributed by atoms with Gasteiger partial charge in [-0.2, -0.15) is 0 Å². The van der Waals surface area contributed by atoms with Crippen LogP contribution in [0.4, 0.5) is 17.1 Å². The van der Waals surface area contributed by atoms with Gasteiger partial charge in [0.2, 0.25) is 0 Å². The lowest BCUT2D eigenvalue weighted by Crippen LogP contribution is -2.32. The van der Waals surface area contributed by atoms with Crippen LogP contribution < -0.4 is 15.1 Å². The van der Waals surface area contributed by atoms with Crippen molar-refractivity contribution in [2.45, 2.75) is 0 Å². The van der Waals surface area contributed by atoms with Gasteiger partial charge in [-0.3, -0.25) is 9.59 Å². The predicted molar refractivity (Wildman–Crippen MR) is 120 cm³/mol. The van der Waals surface area contributed by atoms with Crippen LogP contribution in [-0.2, 0) is 9.59 Å². The number of benzene rings is 2. The number of anilines is 3. The molecule has 1 N–H and O–H groups in total. The summed E-state index contributed by atoms with van der Waals surface area (Å²) in [5.74, 6) is -0.774. The van der Waals surface area contributed by atoms with Crippen molar-refractivity contribution in [3.63, 3.8) is 0 Å². The Morgan fingerprint density at radius 1 is 0.966 bits per heavy atom. The van der Waals surface area contributed by atoms with Crippen LogP contribution in [0.25, 0.3) is 5.57 Å². The molecule has 0 unspecified atom stereocenters. The summed E-state index contributed by atoms with van der Waals surface area (Å²) >= 11 is 7.50. The molecule has 5 nitrogen and oxygen atoms in total. The molecular weight excluding hydrogens is 406 g/mol. The molecule has 0 bridgehead atoms. The topological polar surface area (TPSA) is 52.7 Å². The molecular formula is C22H18ClN3O2S. The molecule has 0 spiro atoms. The molecule has 146 valence electrons. The fourth-order valence-electron chi connectivity index (χ4n) is 3.13. The SMILES string of the molecule is CN(C)c1ccc(NC2=C(c3cccs3)C(=O)N(c3cccc(Cl)c3)C2=O)cc1. The molecule has 0 saturated heterocycles. The number of halogens is 1. The molecule has 7 heteroatoms. The average molecular weight is 424 g/mol. The lowest BCUT2D eigenvalue weighted by Gasteiger charge is -2.16. The minimum absolute atomic E-state index is 0.259. The van der Waals surface area contributed by atoms with Gasteiger partial charge in [-0.15, -0.1) is 11.3 Å². The zero-order valence-corrected chi connectivity index (χ0v) is 17.4. The van der Waals surface area contributed by atoms with Gasteiger partial charge in [-0.05, 0) is 53.9 Å². The van der Waals surface area contributed by atoms with E-state index in [1.54, 1.807) is 24.3 Å². The van der Waals surface area contributed by atoms with Crippen LogP contribution in [0.1, 0.15) is 4.88 Å². The van der Waals surface area contributed by atoms with Crippen LogP contribution in [0, 0.1) is 0 Å². The number of rotatable bonds is 5. The van der Waals surface area contributed by atoms with Crippen molar-refractivity contribution < 1.29 is 9.59 Å². The molecule has 3 aromatic rings. The van der Waals surface area contributed by atoms with E-state index < -0.39 is 5.91 Å². The van der Waals surface area contributed by atoms with Gasteiger partial charge in [0.15, 0.2) is 0 Å². The van der Waals surface area contributed by atoms with Crippen LogP contribution in [0.2, 0.25) is 5.02 Å². The third-order valence-corrected chi connectivity index (χ3v) is 5.69. The van der Waals surface area contributed by atoms with Crippen molar-refractivity contribution in [2.75, 3.05) is 29.2 Å². The van der Waals surface area contributed by atoms with Crippen LogP contribution in [0.3, 0.4) is 0 Å². The molecule has 1 aliphatic heterocycles. The summed E-state index contributed by atoms with van der Waals surface area (Å²) in [4.78, 5) is 30.4. The number of carbonyl (C=O) groups is 2. The van der Waals surface area contributed by atoms with E-state index in [9.17, 15) is 9.59 Å². The van der Waals surface area contributed by atoms with Crippen molar-refractivity contribution >= 4 is 57.4 Å². The van der Waals surface area contributed by atoms with Crippen molar-refractivity contribution in [3.8, 4) is 0 Å². The zero-order chi connectivity index (χ0) is 20.5. The maximum atomic E-state index is 13.3. The fraction of sp³-hybridized carbons (Fsp3) is 0.0909. The summed E-state index contributed by atoms with van der Waals surface area (Å²) < 4.78 is 0. The minimum atomic E-state index is -0.405. The Balaban J connectivity index is 1.75. The van der Waals surface area contributed by atoms with Crippen LogP contribution in [-0.4, -0.2) is 25.9 Å². The number of thiophene rings is 1. The maximum absolute atomic E-state index is 13.3. The lowest BCUT2D eigenvalue weighted by atomic mass is 10.1. The quantitative estimate of drug-likeness (QED) is 0.595. The Kier molecular flexibility index (Phi) is 5.13. The summed E-state index contributed by atoms with van der Waals surface area (Å²) in [6.45, 7) is 0. The molecule has 0 radical (unpaired) electrons. The third kappa shape index (κ3) is 3.64. The number of nitrogens with zero attached hydrogens (tertiary/aromatic N) is 2. The number of carbonyl (C=O) groups excluding carboxylic acids is 2. The summed E-state index contributed by atoms with van der Waals surface area (Å²) in [7, 11) is 3.92. The van der Waals surface area contributed by atoms with Crippen molar-refractivity contribution in [1.82, 2.24) is 0 Å². The van der Waals surface area contributed by atoms with Gasteiger partial charge in [-0.1, -0.05) is 23.7 Å². The molecule has 29 heavy (non-hydrogen) atoms. The van der Waals surface area contributed by atoms with Gasteiger partial charge in [0.05, 0.1) is 11.3 Å². The summed E-state index contributed by atoms with van der Waals surface area (Å²) in [6.07, 6.45) is 0. The Bertz CT molecular complexity index is 1110. The zero-order valence-electron chi connectivity index (χ0n) is 15.8. The highest BCUT2D eigenvalue weighted by atomic mass is 35.5. The molecule has 1 aliphatic rings. The van der Waals surface area contributed by atoms with E-state index in [0.29, 0.717) is 16.3 Å². The number of imide groups is 1. The van der Waals surface area contributed by atoms with Crippen molar-refractivity contribution in [1.29, 1.82) is 0 Å². The number of hydrogen-bond donors (Lipinski definition) is 1. The Morgan fingerprint density at radius 3 is 2.34 bits per heavy atom. The first kappa shape index (κ1) is 19.2. The predicted octanol–water partition coefficient (Wildman–Crippen LogP) is 4.86. The molecule has 0 atom stereocenters. The largest absolute Gasteiger partial charge is 0.378 e. The average Bonchev–Trinajstić information content (AvgIpc) is 3.29. The second-order valence-electron chi connectivity index (χ2n) is 6.72. The highest BCUT2D eigenvalue weighted by Crippen LogP contribution is 2.36. The molecule has 2 aromatic carbocycles. The second-order valence-corrected chi connectivity index (χ2v) is 8.10. The normalized spacial score (nSPS) is 14.0. The van der Waals surface area contributed by atoms with E-state index in [4.69, 9.17) is 11.6 Å². The number of nitrogens with one attached hydrogen (secondary N) is 1. The number of hydrogen-bond acceptors (Lipinski definition) is 5. The second kappa shape index (κ2) is 7.73. The minimum Gasteiger partial charge on any atom is -0.378 e. The van der Waals surface area contributed by atoms with E-state index in [1.165, 1.54) is 11.3 Å². The smallest absolute Gasteiger partial charge is 0.282 e. The molecule has 1 aromatic heterocycles. The van der Waals surface area contributed by atoms with Gasteiger partial charge >= 0.3 is 0 Å². The monoisotopic (exact) mass is 423 g/mol. The standard InChI is InChI=1S/C22H18ClN3O2S/c1-25(2)16-10-8-15(9-11-16)24-20-19(18-7-4-12-29-18)21(27)26(22(20)28)17-6-3-5-14(23)13-17/h3-13,24H,1-2H3. The third-order valence-electron chi connectivity index (χ3n) is 4.57. The molecule has 2 amide bonds. The van der Waals surface area contributed by atoms with Crippen LogP contribution in [0.15, 0.2) is 71.7 Å². The van der Waals surface area contributed by atoms with E-state index >= 15 is 0 Å². The van der Waals surface area contributed by atoms with E-state index in [-0.39, 0.29) is 11.6 Å². The molecule has 4 rings (SSSR count). The van der Waals surface area contributed by atoms with E-state index in [0.717, 1.165) is 21.2 Å². The highest BCUT2D eigenvalue weighted by Gasteiger charge is 2.40. The van der Waals surface area contributed by atoms with Gasteiger partial charge in [0, 0.05) is 35.4 Å². The number of amides is 2. The van der Waals surface area contributed by atoms with Gasteiger partial charge in [0.1, 0.15) is 5.70 Å². The maximum Gasteiger partial charge on any atom is 0.282 e. The van der Waals surface area contributed by atoms with Gasteiger partial charge in [-0.25, -0.2) is 4.90 Å².